The second-order valence-corrected chi connectivity index (χ2v) is 5.57. The molecule has 9 heteroatoms. The largest absolute Gasteiger partial charge is 0.495 e. The molecule has 0 saturated heterocycles. The maximum Gasteiger partial charge on any atom is 0.417 e. The number of methoxy groups -OCH3 is 1. The van der Waals surface area contributed by atoms with E-state index in [1.54, 1.807) is 24.3 Å². The smallest absolute Gasteiger partial charge is 0.417 e. The molecule has 0 aliphatic rings. The first-order valence-corrected chi connectivity index (χ1v) is 7.68. The molecule has 5 nitrogen and oxygen atoms in total. The van der Waals surface area contributed by atoms with Crippen molar-refractivity contribution in [2.45, 2.75) is 12.6 Å². The molecule has 0 bridgehead atoms. The van der Waals surface area contributed by atoms with Gasteiger partial charge in [-0.25, -0.2) is 0 Å². The van der Waals surface area contributed by atoms with E-state index in [0.717, 1.165) is 6.07 Å². The third-order valence-corrected chi connectivity index (χ3v) is 3.59. The number of hydrogen-bond acceptors (Lipinski definition) is 3. The van der Waals surface area contributed by atoms with Crippen LogP contribution in [0.15, 0.2) is 42.5 Å². The van der Waals surface area contributed by atoms with E-state index in [0.29, 0.717) is 17.5 Å². The van der Waals surface area contributed by atoms with Crippen molar-refractivity contribution in [1.29, 1.82) is 0 Å². The summed E-state index contributed by atoms with van der Waals surface area (Å²) in [7, 11) is 1.43. The van der Waals surface area contributed by atoms with Gasteiger partial charge in [0, 0.05) is 5.69 Å². The van der Waals surface area contributed by atoms with E-state index in [4.69, 9.17) is 16.3 Å². The van der Waals surface area contributed by atoms with Crippen molar-refractivity contribution >= 4 is 34.8 Å². The molecular weight excluding hydrogens is 373 g/mol. The average Bonchev–Trinajstić information content (AvgIpc) is 2.56. The summed E-state index contributed by atoms with van der Waals surface area (Å²) < 4.78 is 43.5. The molecule has 0 aromatic heterocycles. The van der Waals surface area contributed by atoms with Gasteiger partial charge in [-0.15, -0.1) is 0 Å². The summed E-state index contributed by atoms with van der Waals surface area (Å²) in [5.74, 6) is -1.00. The fourth-order valence-electron chi connectivity index (χ4n) is 2.11. The van der Waals surface area contributed by atoms with Gasteiger partial charge in [0.05, 0.1) is 23.4 Å². The number of rotatable bonds is 5. The van der Waals surface area contributed by atoms with Gasteiger partial charge in [0.1, 0.15) is 12.2 Å². The number of anilines is 2. The van der Waals surface area contributed by atoms with Gasteiger partial charge in [-0.1, -0.05) is 23.7 Å². The highest BCUT2D eigenvalue weighted by molar-refractivity contribution is 6.31. The van der Waals surface area contributed by atoms with Crippen LogP contribution < -0.4 is 15.4 Å². The summed E-state index contributed by atoms with van der Waals surface area (Å²) >= 11 is 5.51. The van der Waals surface area contributed by atoms with E-state index in [9.17, 15) is 22.8 Å². The fraction of sp³-hybridized carbons (Fsp3) is 0.176. The van der Waals surface area contributed by atoms with Gasteiger partial charge < -0.3 is 15.4 Å². The molecular formula is C17H14ClF3N2O3. The van der Waals surface area contributed by atoms with Crippen LogP contribution in [0.1, 0.15) is 12.0 Å². The SMILES string of the molecule is COc1ccccc1NC(=O)CC(=O)Nc1ccc(Cl)c(C(F)(F)F)c1. The maximum atomic E-state index is 12.8. The van der Waals surface area contributed by atoms with Crippen LogP contribution in [-0.2, 0) is 15.8 Å². The maximum absolute atomic E-state index is 12.8. The zero-order chi connectivity index (χ0) is 19.3. The molecule has 0 saturated carbocycles. The molecule has 0 fully saturated rings. The quantitative estimate of drug-likeness (QED) is 0.751. The second-order valence-electron chi connectivity index (χ2n) is 5.17. The van der Waals surface area contributed by atoms with E-state index < -0.39 is 35.0 Å². The first-order valence-electron chi connectivity index (χ1n) is 7.30. The number of benzene rings is 2. The van der Waals surface area contributed by atoms with E-state index >= 15 is 0 Å². The van der Waals surface area contributed by atoms with Crippen LogP contribution in [0.25, 0.3) is 0 Å². The second kappa shape index (κ2) is 8.09. The molecule has 2 N–H and O–H groups in total. The van der Waals surface area contributed by atoms with Crippen LogP contribution in [0, 0.1) is 0 Å². The molecule has 138 valence electrons. The van der Waals surface area contributed by atoms with Crippen LogP contribution in [0.5, 0.6) is 5.75 Å². The molecule has 2 aromatic rings. The number of nitrogens with one attached hydrogen (secondary N) is 2. The van der Waals surface area contributed by atoms with Crippen molar-refractivity contribution in [1.82, 2.24) is 0 Å². The first-order chi connectivity index (χ1) is 12.2. The molecule has 2 amide bonds. The lowest BCUT2D eigenvalue weighted by molar-refractivity contribution is -0.137. The van der Waals surface area contributed by atoms with Crippen LogP contribution in [0.2, 0.25) is 5.02 Å². The standard InChI is InChI=1S/C17H14ClF3N2O3/c1-26-14-5-3-2-4-13(14)23-16(25)9-15(24)22-10-6-7-12(18)11(8-10)17(19,20)21/h2-8H,9H2,1H3,(H,22,24)(H,23,25). The van der Waals surface area contributed by atoms with Crippen molar-refractivity contribution in [3.05, 3.63) is 53.1 Å². The molecule has 0 spiro atoms. The molecule has 0 heterocycles. The third-order valence-electron chi connectivity index (χ3n) is 3.26. The Labute approximate surface area is 152 Å². The van der Waals surface area contributed by atoms with Crippen LogP contribution in [-0.4, -0.2) is 18.9 Å². The van der Waals surface area contributed by atoms with Gasteiger partial charge in [0.15, 0.2) is 0 Å². The Bertz CT molecular complexity index is 825. The minimum Gasteiger partial charge on any atom is -0.495 e. The number of hydrogen-bond donors (Lipinski definition) is 2. The topological polar surface area (TPSA) is 67.4 Å². The lowest BCUT2D eigenvalue weighted by Crippen LogP contribution is -2.22. The molecule has 0 radical (unpaired) electrons. The first kappa shape index (κ1) is 19.6. The highest BCUT2D eigenvalue weighted by Gasteiger charge is 2.33. The minimum atomic E-state index is -4.65. The molecule has 0 aliphatic heterocycles. The minimum absolute atomic E-state index is 0.114. The van der Waals surface area contributed by atoms with Gasteiger partial charge in [-0.05, 0) is 30.3 Å². The van der Waals surface area contributed by atoms with Crippen LogP contribution >= 0.6 is 11.6 Å². The normalized spacial score (nSPS) is 11.0. The number of ether oxygens (including phenoxy) is 1. The number of carbonyl (C=O) groups is 2. The van der Waals surface area contributed by atoms with Gasteiger partial charge >= 0.3 is 6.18 Å². The van der Waals surface area contributed by atoms with Crippen molar-refractivity contribution in [2.24, 2.45) is 0 Å². The van der Waals surface area contributed by atoms with Gasteiger partial charge in [0.25, 0.3) is 0 Å². The lowest BCUT2D eigenvalue weighted by Gasteiger charge is -2.12. The fourth-order valence-corrected chi connectivity index (χ4v) is 2.34. The molecule has 2 aromatic carbocycles. The van der Waals surface area contributed by atoms with Crippen molar-refractivity contribution < 1.29 is 27.5 Å². The predicted molar refractivity (Wildman–Crippen MR) is 91.3 cm³/mol. The molecule has 0 unspecified atom stereocenters. The Morgan fingerprint density at radius 2 is 1.73 bits per heavy atom. The molecule has 26 heavy (non-hydrogen) atoms. The lowest BCUT2D eigenvalue weighted by atomic mass is 10.2. The molecule has 0 aliphatic carbocycles. The summed E-state index contributed by atoms with van der Waals surface area (Å²) in [6, 6.07) is 9.54. The average molecular weight is 387 g/mol. The van der Waals surface area contributed by atoms with E-state index in [1.165, 1.54) is 13.2 Å². The Balaban J connectivity index is 2.01. The summed E-state index contributed by atoms with van der Waals surface area (Å²) in [5.41, 5.74) is -0.814. The number of para-hydroxylation sites is 2. The highest BCUT2D eigenvalue weighted by Crippen LogP contribution is 2.36. The van der Waals surface area contributed by atoms with Crippen LogP contribution in [0.3, 0.4) is 0 Å². The number of alkyl halides is 3. The Kier molecular flexibility index (Phi) is 6.10. The number of amides is 2. The molecule has 2 rings (SSSR count). The van der Waals surface area contributed by atoms with Gasteiger partial charge in [-0.3, -0.25) is 9.59 Å². The van der Waals surface area contributed by atoms with Gasteiger partial charge in [-0.2, -0.15) is 13.2 Å². The van der Waals surface area contributed by atoms with Crippen molar-refractivity contribution in [2.75, 3.05) is 17.7 Å². The monoisotopic (exact) mass is 386 g/mol. The zero-order valence-electron chi connectivity index (χ0n) is 13.5. The van der Waals surface area contributed by atoms with Gasteiger partial charge in [0.2, 0.25) is 11.8 Å². The summed E-state index contributed by atoms with van der Waals surface area (Å²) in [6.07, 6.45) is -5.24. The third kappa shape index (κ3) is 5.13. The van der Waals surface area contributed by atoms with Crippen molar-refractivity contribution in [3.63, 3.8) is 0 Å². The predicted octanol–water partition coefficient (Wildman–Crippen LogP) is 4.33. The van der Waals surface area contributed by atoms with E-state index in [-0.39, 0.29) is 5.69 Å². The summed E-state index contributed by atoms with van der Waals surface area (Å²) in [6.45, 7) is 0. The number of carbonyl (C=O) groups excluding carboxylic acids is 2. The zero-order valence-corrected chi connectivity index (χ0v) is 14.2. The highest BCUT2D eigenvalue weighted by atomic mass is 35.5. The van der Waals surface area contributed by atoms with Crippen molar-refractivity contribution in [3.8, 4) is 5.75 Å². The summed E-state index contributed by atoms with van der Waals surface area (Å²) in [4.78, 5) is 23.8. The molecule has 0 atom stereocenters. The Hall–Kier alpha value is -2.74. The summed E-state index contributed by atoms with van der Waals surface area (Å²) in [5, 5.41) is 4.25. The van der Waals surface area contributed by atoms with Crippen LogP contribution in [0.4, 0.5) is 24.5 Å². The van der Waals surface area contributed by atoms with E-state index in [2.05, 4.69) is 10.6 Å². The Morgan fingerprint density at radius 1 is 1.08 bits per heavy atom. The Morgan fingerprint density at radius 3 is 2.38 bits per heavy atom. The van der Waals surface area contributed by atoms with E-state index in [1.807, 2.05) is 0 Å². The number of halogens is 4.